The molecule has 0 bridgehead atoms. The maximum Gasteiger partial charge on any atom is 0.115 e. The fourth-order valence-electron chi connectivity index (χ4n) is 2.08. The fraction of sp³-hybridized carbons (Fsp3) is 0.667. The first-order valence-corrected chi connectivity index (χ1v) is 5.91. The minimum absolute atomic E-state index is 0.532. The Morgan fingerprint density at radius 3 is 2.75 bits per heavy atom. The first kappa shape index (κ1) is 11.5. The quantitative estimate of drug-likeness (QED) is 0.834. The third kappa shape index (κ3) is 3.25. The van der Waals surface area contributed by atoms with E-state index < -0.39 is 0 Å². The van der Waals surface area contributed by atoms with E-state index in [9.17, 15) is 0 Å². The van der Waals surface area contributed by atoms with E-state index in [-0.39, 0.29) is 0 Å². The molecule has 1 unspecified atom stereocenters. The van der Waals surface area contributed by atoms with Gasteiger partial charge in [-0.05, 0) is 25.7 Å². The van der Waals surface area contributed by atoms with E-state index in [1.807, 2.05) is 12.4 Å². The van der Waals surface area contributed by atoms with Crippen LogP contribution in [0.4, 0.5) is 0 Å². The van der Waals surface area contributed by atoms with Crippen molar-refractivity contribution in [3.63, 3.8) is 0 Å². The Morgan fingerprint density at radius 2 is 2.06 bits per heavy atom. The number of nitrogens with zero attached hydrogens (tertiary/aromatic N) is 2. The van der Waals surface area contributed by atoms with Crippen molar-refractivity contribution in [2.75, 3.05) is 13.2 Å². The molecule has 0 aliphatic carbocycles. The van der Waals surface area contributed by atoms with Gasteiger partial charge in [0.25, 0.3) is 0 Å². The van der Waals surface area contributed by atoms with E-state index in [4.69, 9.17) is 4.74 Å². The van der Waals surface area contributed by atoms with Crippen LogP contribution < -0.4 is 5.32 Å². The summed E-state index contributed by atoms with van der Waals surface area (Å²) in [5, 5.41) is 3.53. The Morgan fingerprint density at radius 1 is 1.38 bits per heavy atom. The van der Waals surface area contributed by atoms with E-state index in [1.165, 1.54) is 12.8 Å². The Bertz CT molecular complexity index is 298. The molecule has 0 radical (unpaired) electrons. The molecule has 1 N–H and O–H groups in total. The molecular formula is C12H19N3O. The number of ether oxygens (including phenoxy) is 1. The summed E-state index contributed by atoms with van der Waals surface area (Å²) in [6.45, 7) is 4.91. The van der Waals surface area contributed by atoms with Crippen LogP contribution >= 0.6 is 0 Å². The maximum absolute atomic E-state index is 5.36. The monoisotopic (exact) mass is 221 g/mol. The number of nitrogens with one attached hydrogen (secondary N) is 1. The van der Waals surface area contributed by atoms with Crippen LogP contribution in [0.25, 0.3) is 0 Å². The molecule has 0 spiro atoms. The predicted octanol–water partition coefficient (Wildman–Crippen LogP) is 1.38. The van der Waals surface area contributed by atoms with Crippen molar-refractivity contribution in [1.29, 1.82) is 0 Å². The molecule has 1 fully saturated rings. The summed E-state index contributed by atoms with van der Waals surface area (Å²) in [6, 6.07) is 0.532. The lowest BCUT2D eigenvalue weighted by molar-refractivity contribution is 0.0558. The molecule has 4 heteroatoms. The zero-order valence-corrected chi connectivity index (χ0v) is 9.72. The second-order valence-electron chi connectivity index (χ2n) is 4.37. The average molecular weight is 221 g/mol. The minimum atomic E-state index is 0.532. The lowest BCUT2D eigenvalue weighted by Crippen LogP contribution is -2.36. The third-order valence-electron chi connectivity index (χ3n) is 3.22. The lowest BCUT2D eigenvalue weighted by atomic mass is 9.93. The van der Waals surface area contributed by atoms with Crippen molar-refractivity contribution < 1.29 is 4.74 Å². The van der Waals surface area contributed by atoms with Gasteiger partial charge in [-0.25, -0.2) is 9.97 Å². The summed E-state index contributed by atoms with van der Waals surface area (Å²) in [7, 11) is 0. The highest BCUT2D eigenvalue weighted by Crippen LogP contribution is 2.18. The van der Waals surface area contributed by atoms with Crippen LogP contribution in [-0.4, -0.2) is 29.2 Å². The normalized spacial score (nSPS) is 19.6. The highest BCUT2D eigenvalue weighted by molar-refractivity contribution is 5.01. The summed E-state index contributed by atoms with van der Waals surface area (Å²) in [5.74, 6) is 0.735. The average Bonchev–Trinajstić information content (AvgIpc) is 2.38. The van der Waals surface area contributed by atoms with Crippen LogP contribution in [0.1, 0.15) is 25.3 Å². The number of aromatic nitrogens is 2. The van der Waals surface area contributed by atoms with Gasteiger partial charge in [0.15, 0.2) is 0 Å². The second kappa shape index (κ2) is 5.92. The molecule has 0 saturated carbocycles. The summed E-state index contributed by atoms with van der Waals surface area (Å²) >= 11 is 0. The number of hydrogen-bond acceptors (Lipinski definition) is 4. The SMILES string of the molecule is CC(NCc1cncnc1)C1CCOCC1. The van der Waals surface area contributed by atoms with Gasteiger partial charge in [-0.15, -0.1) is 0 Å². The van der Waals surface area contributed by atoms with Crippen molar-refractivity contribution >= 4 is 0 Å². The van der Waals surface area contributed by atoms with Crippen molar-refractivity contribution in [2.24, 2.45) is 5.92 Å². The van der Waals surface area contributed by atoms with Crippen LogP contribution in [0, 0.1) is 5.92 Å². The number of rotatable bonds is 4. The molecule has 1 aromatic heterocycles. The molecule has 1 aliphatic rings. The second-order valence-corrected chi connectivity index (χ2v) is 4.37. The molecule has 2 heterocycles. The van der Waals surface area contributed by atoms with E-state index >= 15 is 0 Å². The molecule has 0 aromatic carbocycles. The highest BCUT2D eigenvalue weighted by Gasteiger charge is 2.19. The maximum atomic E-state index is 5.36. The van der Waals surface area contributed by atoms with Gasteiger partial charge in [0, 0.05) is 43.8 Å². The largest absolute Gasteiger partial charge is 0.381 e. The van der Waals surface area contributed by atoms with Crippen molar-refractivity contribution in [3.8, 4) is 0 Å². The molecule has 88 valence electrons. The molecule has 0 amide bonds. The van der Waals surface area contributed by atoms with Crippen LogP contribution in [0.5, 0.6) is 0 Å². The summed E-state index contributed by atoms with van der Waals surface area (Å²) in [6.07, 6.45) is 7.61. The van der Waals surface area contributed by atoms with Gasteiger partial charge in [0.1, 0.15) is 6.33 Å². The van der Waals surface area contributed by atoms with Crippen molar-refractivity contribution in [3.05, 3.63) is 24.3 Å². The lowest BCUT2D eigenvalue weighted by Gasteiger charge is -2.28. The predicted molar refractivity (Wildman–Crippen MR) is 61.9 cm³/mol. The number of hydrogen-bond donors (Lipinski definition) is 1. The van der Waals surface area contributed by atoms with Crippen molar-refractivity contribution in [1.82, 2.24) is 15.3 Å². The van der Waals surface area contributed by atoms with Crippen LogP contribution in [-0.2, 0) is 11.3 Å². The van der Waals surface area contributed by atoms with E-state index in [0.717, 1.165) is 31.2 Å². The van der Waals surface area contributed by atoms with Gasteiger partial charge in [0.2, 0.25) is 0 Å². The Kier molecular flexibility index (Phi) is 4.25. The minimum Gasteiger partial charge on any atom is -0.381 e. The smallest absolute Gasteiger partial charge is 0.115 e. The van der Waals surface area contributed by atoms with Crippen molar-refractivity contribution in [2.45, 2.75) is 32.4 Å². The zero-order chi connectivity index (χ0) is 11.2. The topological polar surface area (TPSA) is 47.0 Å². The molecule has 1 atom stereocenters. The Hall–Kier alpha value is -1.00. The van der Waals surface area contributed by atoms with Gasteiger partial charge in [0.05, 0.1) is 0 Å². The van der Waals surface area contributed by atoms with Gasteiger partial charge in [-0.1, -0.05) is 0 Å². The van der Waals surface area contributed by atoms with Crippen LogP contribution in [0.3, 0.4) is 0 Å². The van der Waals surface area contributed by atoms with Crippen LogP contribution in [0.15, 0.2) is 18.7 Å². The Balaban J connectivity index is 1.76. The first-order valence-electron chi connectivity index (χ1n) is 5.91. The summed E-state index contributed by atoms with van der Waals surface area (Å²) < 4.78 is 5.36. The Labute approximate surface area is 96.4 Å². The standard InChI is InChI=1S/C12H19N3O/c1-10(12-2-4-16-5-3-12)15-8-11-6-13-9-14-7-11/h6-7,9-10,12,15H,2-5,8H2,1H3. The van der Waals surface area contributed by atoms with Crippen LogP contribution in [0.2, 0.25) is 0 Å². The van der Waals surface area contributed by atoms with E-state index in [1.54, 1.807) is 6.33 Å². The molecular weight excluding hydrogens is 202 g/mol. The molecule has 16 heavy (non-hydrogen) atoms. The molecule has 4 nitrogen and oxygen atoms in total. The zero-order valence-electron chi connectivity index (χ0n) is 9.72. The van der Waals surface area contributed by atoms with Gasteiger partial charge in [-0.2, -0.15) is 0 Å². The summed E-state index contributed by atoms with van der Waals surface area (Å²) in [5.41, 5.74) is 1.14. The van der Waals surface area contributed by atoms with E-state index in [0.29, 0.717) is 6.04 Å². The van der Waals surface area contributed by atoms with Gasteiger partial charge < -0.3 is 10.1 Å². The highest BCUT2D eigenvalue weighted by atomic mass is 16.5. The molecule has 2 rings (SSSR count). The van der Waals surface area contributed by atoms with Gasteiger partial charge in [-0.3, -0.25) is 0 Å². The van der Waals surface area contributed by atoms with Gasteiger partial charge >= 0.3 is 0 Å². The summed E-state index contributed by atoms with van der Waals surface area (Å²) in [4.78, 5) is 8.01. The molecule has 1 aliphatic heterocycles. The molecule has 1 saturated heterocycles. The van der Waals surface area contributed by atoms with E-state index in [2.05, 4.69) is 22.2 Å². The first-order chi connectivity index (χ1) is 7.86. The molecule has 1 aromatic rings. The third-order valence-corrected chi connectivity index (χ3v) is 3.22. The fourth-order valence-corrected chi connectivity index (χ4v) is 2.08.